The summed E-state index contributed by atoms with van der Waals surface area (Å²) in [5.41, 5.74) is 0.759. The lowest BCUT2D eigenvalue weighted by Gasteiger charge is -2.29. The number of likely N-dealkylation sites (tertiary alicyclic amines) is 1. The van der Waals surface area contributed by atoms with Gasteiger partial charge in [0.15, 0.2) is 0 Å². The SMILES string of the molecule is CCOc1ccc(S(=O)(=O)Nc2cccc(C(=O)NCC(C)CN3CCCCC3)c2)cc1. The van der Waals surface area contributed by atoms with Gasteiger partial charge in [0.25, 0.3) is 15.9 Å². The Labute approximate surface area is 191 Å². The van der Waals surface area contributed by atoms with Gasteiger partial charge in [0.1, 0.15) is 5.75 Å². The summed E-state index contributed by atoms with van der Waals surface area (Å²) < 4.78 is 33.3. The van der Waals surface area contributed by atoms with Crippen LogP contribution in [0.5, 0.6) is 5.75 Å². The van der Waals surface area contributed by atoms with Crippen LogP contribution in [0.15, 0.2) is 53.4 Å². The van der Waals surface area contributed by atoms with Gasteiger partial charge < -0.3 is 15.0 Å². The van der Waals surface area contributed by atoms with Crippen molar-refractivity contribution in [1.82, 2.24) is 10.2 Å². The fourth-order valence-corrected chi connectivity index (χ4v) is 4.89. The van der Waals surface area contributed by atoms with Gasteiger partial charge in [-0.3, -0.25) is 9.52 Å². The van der Waals surface area contributed by atoms with E-state index in [0.29, 0.717) is 36.1 Å². The van der Waals surface area contributed by atoms with Crippen molar-refractivity contribution in [3.8, 4) is 5.75 Å². The Morgan fingerprint density at radius 1 is 1.09 bits per heavy atom. The first-order valence-corrected chi connectivity index (χ1v) is 12.7. The Kier molecular flexibility index (Phi) is 8.53. The van der Waals surface area contributed by atoms with Crippen LogP contribution in [-0.4, -0.2) is 52.0 Å². The van der Waals surface area contributed by atoms with Crippen molar-refractivity contribution >= 4 is 21.6 Å². The first-order chi connectivity index (χ1) is 15.4. The highest BCUT2D eigenvalue weighted by atomic mass is 32.2. The molecule has 1 unspecified atom stereocenters. The van der Waals surface area contributed by atoms with Crippen LogP contribution in [0.2, 0.25) is 0 Å². The molecule has 2 aromatic carbocycles. The number of anilines is 1. The van der Waals surface area contributed by atoms with E-state index in [2.05, 4.69) is 21.9 Å². The quantitative estimate of drug-likeness (QED) is 0.565. The van der Waals surface area contributed by atoms with Crippen molar-refractivity contribution in [3.63, 3.8) is 0 Å². The molecule has 174 valence electrons. The van der Waals surface area contributed by atoms with Crippen LogP contribution >= 0.6 is 0 Å². The molecule has 0 bridgehead atoms. The van der Waals surface area contributed by atoms with E-state index >= 15 is 0 Å². The first kappa shape index (κ1) is 24.1. The molecule has 7 nitrogen and oxygen atoms in total. The number of nitrogens with one attached hydrogen (secondary N) is 2. The minimum absolute atomic E-state index is 0.127. The second kappa shape index (κ2) is 11.3. The molecule has 0 radical (unpaired) electrons. The predicted molar refractivity (Wildman–Crippen MR) is 127 cm³/mol. The van der Waals surface area contributed by atoms with Crippen molar-refractivity contribution < 1.29 is 17.9 Å². The molecule has 32 heavy (non-hydrogen) atoms. The van der Waals surface area contributed by atoms with Gasteiger partial charge >= 0.3 is 0 Å². The molecule has 1 heterocycles. The van der Waals surface area contributed by atoms with Gasteiger partial charge in [0, 0.05) is 24.3 Å². The summed E-state index contributed by atoms with van der Waals surface area (Å²) >= 11 is 0. The van der Waals surface area contributed by atoms with E-state index in [9.17, 15) is 13.2 Å². The standard InChI is InChI=1S/C24H33N3O4S/c1-3-31-22-10-12-23(13-11-22)32(29,30)26-21-9-7-8-20(16-21)24(28)25-17-19(2)18-27-14-5-4-6-15-27/h7-13,16,19,26H,3-6,14-15,17-18H2,1-2H3,(H,25,28). The van der Waals surface area contributed by atoms with E-state index in [1.54, 1.807) is 36.4 Å². The number of ether oxygens (including phenoxy) is 1. The molecule has 2 aromatic rings. The number of carbonyl (C=O) groups is 1. The maximum Gasteiger partial charge on any atom is 0.261 e. The van der Waals surface area contributed by atoms with Crippen LogP contribution in [0.3, 0.4) is 0 Å². The molecule has 0 aliphatic carbocycles. The number of hydrogen-bond acceptors (Lipinski definition) is 5. The van der Waals surface area contributed by atoms with Crippen molar-refractivity contribution in [1.29, 1.82) is 0 Å². The molecule has 0 saturated carbocycles. The third kappa shape index (κ3) is 6.97. The fraction of sp³-hybridized carbons (Fsp3) is 0.458. The van der Waals surface area contributed by atoms with E-state index in [1.165, 1.54) is 31.4 Å². The molecule has 2 N–H and O–H groups in total. The van der Waals surface area contributed by atoms with E-state index in [4.69, 9.17) is 4.74 Å². The lowest BCUT2D eigenvalue weighted by atomic mass is 10.1. The van der Waals surface area contributed by atoms with E-state index in [-0.39, 0.29) is 10.8 Å². The molecule has 8 heteroatoms. The van der Waals surface area contributed by atoms with Crippen molar-refractivity contribution in [2.75, 3.05) is 37.5 Å². The van der Waals surface area contributed by atoms with Crippen molar-refractivity contribution in [2.45, 2.75) is 38.0 Å². The van der Waals surface area contributed by atoms with Gasteiger partial charge in [-0.25, -0.2) is 8.42 Å². The third-order valence-electron chi connectivity index (χ3n) is 5.45. The molecule has 1 amide bonds. The normalized spacial score (nSPS) is 15.7. The van der Waals surface area contributed by atoms with Crippen LogP contribution in [-0.2, 0) is 10.0 Å². The molecule has 1 saturated heterocycles. The minimum atomic E-state index is -3.77. The highest BCUT2D eigenvalue weighted by molar-refractivity contribution is 7.92. The van der Waals surface area contributed by atoms with E-state index in [1.807, 2.05) is 6.92 Å². The van der Waals surface area contributed by atoms with Gasteiger partial charge in [0.2, 0.25) is 0 Å². The number of piperidine rings is 1. The summed E-state index contributed by atoms with van der Waals surface area (Å²) in [5, 5.41) is 2.97. The number of rotatable bonds is 10. The van der Waals surface area contributed by atoms with Crippen LogP contribution in [0.25, 0.3) is 0 Å². The van der Waals surface area contributed by atoms with Crippen LogP contribution < -0.4 is 14.8 Å². The number of benzene rings is 2. The number of nitrogens with zero attached hydrogens (tertiary/aromatic N) is 1. The van der Waals surface area contributed by atoms with Gasteiger partial charge in [-0.2, -0.15) is 0 Å². The monoisotopic (exact) mass is 459 g/mol. The average Bonchev–Trinajstić information content (AvgIpc) is 2.78. The van der Waals surface area contributed by atoms with E-state index in [0.717, 1.165) is 19.6 Å². The van der Waals surface area contributed by atoms with Crippen molar-refractivity contribution in [2.24, 2.45) is 5.92 Å². The van der Waals surface area contributed by atoms with Crippen LogP contribution in [0, 0.1) is 5.92 Å². The molecule has 1 fully saturated rings. The Bertz CT molecular complexity index is 987. The summed E-state index contributed by atoms with van der Waals surface area (Å²) in [4.78, 5) is 15.2. The number of sulfonamides is 1. The molecule has 1 aliphatic heterocycles. The summed E-state index contributed by atoms with van der Waals surface area (Å²) in [6, 6.07) is 12.8. The van der Waals surface area contributed by atoms with E-state index < -0.39 is 10.0 Å². The molecule has 1 atom stereocenters. The summed E-state index contributed by atoms with van der Waals surface area (Å²) in [6.45, 7) is 8.33. The molecule has 3 rings (SSSR count). The Morgan fingerprint density at radius 3 is 2.50 bits per heavy atom. The zero-order valence-corrected chi connectivity index (χ0v) is 19.7. The molecular weight excluding hydrogens is 426 g/mol. The third-order valence-corrected chi connectivity index (χ3v) is 6.85. The fourth-order valence-electron chi connectivity index (χ4n) is 3.84. The lowest BCUT2D eigenvalue weighted by molar-refractivity contribution is 0.0942. The zero-order valence-electron chi connectivity index (χ0n) is 18.8. The Hall–Kier alpha value is -2.58. The summed E-state index contributed by atoms with van der Waals surface area (Å²) in [7, 11) is -3.77. The maximum absolute atomic E-state index is 12.7. The zero-order chi connectivity index (χ0) is 23.0. The van der Waals surface area contributed by atoms with Gasteiger partial charge in [-0.05, 0) is 81.2 Å². The molecular formula is C24H33N3O4S. The molecule has 1 aliphatic rings. The Balaban J connectivity index is 1.57. The second-order valence-electron chi connectivity index (χ2n) is 8.27. The highest BCUT2D eigenvalue weighted by Crippen LogP contribution is 2.20. The predicted octanol–water partition coefficient (Wildman–Crippen LogP) is 3.74. The Morgan fingerprint density at radius 2 is 1.81 bits per heavy atom. The van der Waals surface area contributed by atoms with Gasteiger partial charge in [-0.1, -0.05) is 19.4 Å². The summed E-state index contributed by atoms with van der Waals surface area (Å²) in [6.07, 6.45) is 3.80. The number of amides is 1. The van der Waals surface area contributed by atoms with Gasteiger partial charge in [0.05, 0.1) is 11.5 Å². The van der Waals surface area contributed by atoms with Gasteiger partial charge in [-0.15, -0.1) is 0 Å². The summed E-state index contributed by atoms with van der Waals surface area (Å²) in [5.74, 6) is 0.746. The topological polar surface area (TPSA) is 87.7 Å². The maximum atomic E-state index is 12.7. The largest absolute Gasteiger partial charge is 0.494 e. The smallest absolute Gasteiger partial charge is 0.261 e. The van der Waals surface area contributed by atoms with Crippen LogP contribution in [0.4, 0.5) is 5.69 Å². The van der Waals surface area contributed by atoms with Crippen molar-refractivity contribution in [3.05, 3.63) is 54.1 Å². The molecule has 0 aromatic heterocycles. The average molecular weight is 460 g/mol. The number of hydrogen-bond donors (Lipinski definition) is 2. The lowest BCUT2D eigenvalue weighted by Crippen LogP contribution is -2.38. The second-order valence-corrected chi connectivity index (χ2v) is 9.95. The minimum Gasteiger partial charge on any atom is -0.494 e. The highest BCUT2D eigenvalue weighted by Gasteiger charge is 2.17. The number of carbonyl (C=O) groups excluding carboxylic acids is 1. The molecule has 0 spiro atoms. The first-order valence-electron chi connectivity index (χ1n) is 11.2. The van der Waals surface area contributed by atoms with Crippen LogP contribution in [0.1, 0.15) is 43.5 Å².